The quantitative estimate of drug-likeness (QED) is 0.202. The molecule has 0 amide bonds. The molecule has 0 fully saturated rings. The van der Waals surface area contributed by atoms with Crippen molar-refractivity contribution in [1.29, 1.82) is 0 Å². The van der Waals surface area contributed by atoms with E-state index in [4.69, 9.17) is 9.47 Å². The molecule has 2 N–H and O–H groups in total. The summed E-state index contributed by atoms with van der Waals surface area (Å²) in [7, 11) is 3.81. The maximum absolute atomic E-state index is 12.9. The van der Waals surface area contributed by atoms with Crippen LogP contribution in [-0.4, -0.2) is 70.5 Å². The molecule has 0 heterocycles. The zero-order valence-electron chi connectivity index (χ0n) is 16.8. The Labute approximate surface area is 179 Å². The third-order valence-corrected chi connectivity index (χ3v) is 3.69. The Morgan fingerprint density at radius 2 is 1.93 bits per heavy atom. The van der Waals surface area contributed by atoms with Crippen LogP contribution in [0, 0.1) is 5.82 Å². The fraction of sp³-hybridized carbons (Fsp3) is 0.632. The lowest BCUT2D eigenvalue weighted by molar-refractivity contribution is 0.161. The monoisotopic (exact) mass is 496 g/mol. The first-order valence-electron chi connectivity index (χ1n) is 9.17. The van der Waals surface area contributed by atoms with Gasteiger partial charge in [-0.25, -0.2) is 9.38 Å². The van der Waals surface area contributed by atoms with E-state index < -0.39 is 0 Å². The Balaban J connectivity index is 0.00000676. The molecule has 1 atom stereocenters. The number of ether oxygens (including phenoxy) is 2. The van der Waals surface area contributed by atoms with Crippen LogP contribution in [0.15, 0.2) is 29.3 Å². The second-order valence-corrected chi connectivity index (χ2v) is 6.18. The minimum absolute atomic E-state index is 0. The lowest BCUT2D eigenvalue weighted by atomic mass is 10.3. The van der Waals surface area contributed by atoms with Crippen molar-refractivity contribution < 1.29 is 13.9 Å². The summed E-state index contributed by atoms with van der Waals surface area (Å²) in [5, 5.41) is 6.57. The molecule has 0 radical (unpaired) electrons. The number of nitrogens with zero attached hydrogens (tertiary/aromatic N) is 2. The Kier molecular flexibility index (Phi) is 15.2. The number of benzene rings is 1. The molecule has 0 aliphatic carbocycles. The van der Waals surface area contributed by atoms with Gasteiger partial charge < -0.3 is 25.0 Å². The summed E-state index contributed by atoms with van der Waals surface area (Å²) in [6, 6.07) is 6.03. The highest BCUT2D eigenvalue weighted by molar-refractivity contribution is 14.0. The molecule has 1 aromatic rings. The number of methoxy groups -OCH3 is 1. The van der Waals surface area contributed by atoms with Gasteiger partial charge in [0.15, 0.2) is 5.96 Å². The first-order chi connectivity index (χ1) is 12.5. The van der Waals surface area contributed by atoms with Crippen molar-refractivity contribution in [3.05, 3.63) is 30.1 Å². The number of nitrogens with one attached hydrogen (secondary N) is 2. The van der Waals surface area contributed by atoms with E-state index in [1.54, 1.807) is 19.2 Å². The maximum Gasteiger partial charge on any atom is 0.191 e. The van der Waals surface area contributed by atoms with Crippen LogP contribution in [0.25, 0.3) is 0 Å². The van der Waals surface area contributed by atoms with Gasteiger partial charge in [0.1, 0.15) is 17.7 Å². The molecule has 1 aromatic carbocycles. The van der Waals surface area contributed by atoms with E-state index in [-0.39, 0.29) is 35.9 Å². The molecule has 0 bridgehead atoms. The Bertz CT molecular complexity index is 517. The standard InChI is InChI=1S/C19H33FN4O2.HI/c1-5-21-19(22-11-6-12-24(3)13-14-25-4)23-15-16(2)26-18-9-7-17(20)8-10-18;/h7-10,16H,5-6,11-15H2,1-4H3,(H2,21,22,23);1H. The largest absolute Gasteiger partial charge is 0.489 e. The molecule has 8 heteroatoms. The second kappa shape index (κ2) is 15.9. The van der Waals surface area contributed by atoms with Gasteiger partial charge in [0.05, 0.1) is 13.2 Å². The minimum atomic E-state index is -0.269. The molecule has 27 heavy (non-hydrogen) atoms. The number of hydrogen-bond acceptors (Lipinski definition) is 4. The van der Waals surface area contributed by atoms with Crippen LogP contribution in [0.4, 0.5) is 4.39 Å². The molecule has 0 aliphatic rings. The summed E-state index contributed by atoms with van der Waals surface area (Å²) in [5.41, 5.74) is 0. The van der Waals surface area contributed by atoms with Gasteiger partial charge >= 0.3 is 0 Å². The smallest absolute Gasteiger partial charge is 0.191 e. The number of hydrogen-bond donors (Lipinski definition) is 2. The van der Waals surface area contributed by atoms with Crippen LogP contribution in [-0.2, 0) is 4.74 Å². The maximum atomic E-state index is 12.9. The summed E-state index contributed by atoms with van der Waals surface area (Å²) in [4.78, 5) is 6.80. The highest BCUT2D eigenvalue weighted by Gasteiger charge is 2.05. The summed E-state index contributed by atoms with van der Waals surface area (Å²) in [6.07, 6.45) is 0.919. The summed E-state index contributed by atoms with van der Waals surface area (Å²) < 4.78 is 23.7. The van der Waals surface area contributed by atoms with E-state index in [0.717, 1.165) is 45.2 Å². The topological polar surface area (TPSA) is 58.1 Å². The molecule has 0 saturated carbocycles. The molecule has 0 aromatic heterocycles. The molecule has 0 spiro atoms. The second-order valence-electron chi connectivity index (χ2n) is 6.18. The van der Waals surface area contributed by atoms with Gasteiger partial charge in [-0.05, 0) is 58.1 Å². The van der Waals surface area contributed by atoms with Crippen LogP contribution >= 0.6 is 24.0 Å². The highest BCUT2D eigenvalue weighted by Crippen LogP contribution is 2.12. The summed E-state index contributed by atoms with van der Waals surface area (Å²) >= 11 is 0. The average Bonchev–Trinajstić information content (AvgIpc) is 2.63. The first kappa shape index (κ1) is 25.9. The number of guanidine groups is 1. The number of aliphatic imine (C=N–C) groups is 1. The summed E-state index contributed by atoms with van der Waals surface area (Å²) in [6.45, 7) is 8.82. The highest BCUT2D eigenvalue weighted by atomic mass is 127. The van der Waals surface area contributed by atoms with Gasteiger partial charge in [-0.15, -0.1) is 24.0 Å². The minimum Gasteiger partial charge on any atom is -0.489 e. The van der Waals surface area contributed by atoms with Gasteiger partial charge in [-0.1, -0.05) is 0 Å². The van der Waals surface area contributed by atoms with Gasteiger partial charge in [0.2, 0.25) is 0 Å². The molecular formula is C19H34FIN4O2. The van der Waals surface area contributed by atoms with Crippen molar-refractivity contribution in [2.75, 3.05) is 53.5 Å². The molecule has 0 aliphatic heterocycles. The van der Waals surface area contributed by atoms with Gasteiger partial charge in [-0.3, -0.25) is 0 Å². The molecule has 156 valence electrons. The van der Waals surface area contributed by atoms with Crippen molar-refractivity contribution >= 4 is 29.9 Å². The lowest BCUT2D eigenvalue weighted by Crippen LogP contribution is -2.39. The number of likely N-dealkylation sites (N-methyl/N-ethyl adjacent to an activating group) is 1. The van der Waals surface area contributed by atoms with E-state index in [1.165, 1.54) is 12.1 Å². The Morgan fingerprint density at radius 1 is 1.22 bits per heavy atom. The number of rotatable bonds is 12. The van der Waals surface area contributed by atoms with Crippen LogP contribution in [0.2, 0.25) is 0 Å². The predicted molar refractivity (Wildman–Crippen MR) is 120 cm³/mol. The predicted octanol–water partition coefficient (Wildman–Crippen LogP) is 2.73. The molecular weight excluding hydrogens is 462 g/mol. The van der Waals surface area contributed by atoms with E-state index in [1.807, 2.05) is 13.8 Å². The van der Waals surface area contributed by atoms with E-state index >= 15 is 0 Å². The number of halogens is 2. The van der Waals surface area contributed by atoms with Crippen LogP contribution in [0.1, 0.15) is 20.3 Å². The Hall–Kier alpha value is -1.13. The first-order valence-corrected chi connectivity index (χ1v) is 9.17. The molecule has 0 saturated heterocycles. The van der Waals surface area contributed by atoms with Crippen LogP contribution in [0.3, 0.4) is 0 Å². The SMILES string of the molecule is CCNC(=NCC(C)Oc1ccc(F)cc1)NCCCN(C)CCOC.I. The average molecular weight is 496 g/mol. The van der Waals surface area contributed by atoms with Gasteiger partial charge in [0, 0.05) is 26.7 Å². The van der Waals surface area contributed by atoms with Crippen molar-refractivity contribution in [3.63, 3.8) is 0 Å². The zero-order valence-corrected chi connectivity index (χ0v) is 19.2. The Morgan fingerprint density at radius 3 is 2.56 bits per heavy atom. The van der Waals surface area contributed by atoms with E-state index in [9.17, 15) is 4.39 Å². The van der Waals surface area contributed by atoms with Crippen molar-refractivity contribution in [2.24, 2.45) is 4.99 Å². The van der Waals surface area contributed by atoms with Crippen molar-refractivity contribution in [1.82, 2.24) is 15.5 Å². The van der Waals surface area contributed by atoms with Gasteiger partial charge in [-0.2, -0.15) is 0 Å². The van der Waals surface area contributed by atoms with E-state index in [0.29, 0.717) is 12.3 Å². The fourth-order valence-electron chi connectivity index (χ4n) is 2.26. The van der Waals surface area contributed by atoms with Crippen LogP contribution < -0.4 is 15.4 Å². The third kappa shape index (κ3) is 12.8. The fourth-order valence-corrected chi connectivity index (χ4v) is 2.26. The normalized spacial score (nSPS) is 12.4. The third-order valence-electron chi connectivity index (χ3n) is 3.69. The van der Waals surface area contributed by atoms with Crippen molar-refractivity contribution in [3.8, 4) is 5.75 Å². The summed E-state index contributed by atoms with van der Waals surface area (Å²) in [5.74, 6) is 1.15. The van der Waals surface area contributed by atoms with E-state index in [2.05, 4.69) is 27.6 Å². The van der Waals surface area contributed by atoms with Crippen LogP contribution in [0.5, 0.6) is 5.75 Å². The molecule has 6 nitrogen and oxygen atoms in total. The molecule has 1 rings (SSSR count). The zero-order chi connectivity index (χ0) is 19.2. The molecule has 1 unspecified atom stereocenters. The lowest BCUT2D eigenvalue weighted by Gasteiger charge is -2.17. The van der Waals surface area contributed by atoms with Gasteiger partial charge in [0.25, 0.3) is 0 Å². The van der Waals surface area contributed by atoms with Crippen molar-refractivity contribution in [2.45, 2.75) is 26.4 Å².